The Morgan fingerprint density at radius 1 is 0.529 bits per heavy atom. The molecule has 2 aromatic rings. The first-order valence-electron chi connectivity index (χ1n) is 5.90. The fourth-order valence-electron chi connectivity index (χ4n) is 2.45. The summed E-state index contributed by atoms with van der Waals surface area (Å²) in [5.41, 5.74) is 0. The molecule has 0 atom stereocenters. The van der Waals surface area contributed by atoms with Crippen LogP contribution in [0.25, 0.3) is 0 Å². The molecule has 0 unspecified atom stereocenters. The van der Waals surface area contributed by atoms with E-state index in [0.29, 0.717) is 0 Å². The molecule has 0 fully saturated rings. The van der Waals surface area contributed by atoms with Crippen molar-refractivity contribution in [3.8, 4) is 0 Å². The maximum atomic E-state index is 2.40. The summed E-state index contributed by atoms with van der Waals surface area (Å²) in [5, 5.41) is 2.91. The molecule has 0 saturated heterocycles. The molecule has 0 amide bonds. The van der Waals surface area contributed by atoms with E-state index in [4.69, 9.17) is 0 Å². The summed E-state index contributed by atoms with van der Waals surface area (Å²) >= 11 is 0. The van der Waals surface area contributed by atoms with Crippen LogP contribution in [0.2, 0.25) is 0 Å². The van der Waals surface area contributed by atoms with Crippen molar-refractivity contribution in [2.75, 3.05) is 0 Å². The van der Waals surface area contributed by atoms with Crippen LogP contribution in [-0.4, -0.2) is 0 Å². The zero-order valence-corrected chi connectivity index (χ0v) is 10.6. The third-order valence-electron chi connectivity index (χ3n) is 3.33. The average molecular weight is 238 g/mol. The van der Waals surface area contributed by atoms with Gasteiger partial charge in [0.15, 0.2) is 0 Å². The van der Waals surface area contributed by atoms with Crippen molar-refractivity contribution in [1.82, 2.24) is 0 Å². The molecule has 0 aromatic heterocycles. The van der Waals surface area contributed by atoms with Crippen LogP contribution in [-0.2, 0) is 0 Å². The third-order valence-corrected chi connectivity index (χ3v) is 7.35. The van der Waals surface area contributed by atoms with Crippen LogP contribution in [0.4, 0.5) is 0 Å². The number of hydrogen-bond acceptors (Lipinski definition) is 0. The SMILES string of the molecule is C1=C[PH](c2ccccc2)(c2ccccc2)C=C1. The second-order valence-corrected chi connectivity index (χ2v) is 7.88. The van der Waals surface area contributed by atoms with Crippen molar-refractivity contribution in [3.63, 3.8) is 0 Å². The normalized spacial score (nSPS) is 18.1. The molecule has 1 heteroatoms. The molecule has 0 aliphatic carbocycles. The van der Waals surface area contributed by atoms with Gasteiger partial charge in [0.05, 0.1) is 0 Å². The summed E-state index contributed by atoms with van der Waals surface area (Å²) in [4.78, 5) is 0. The van der Waals surface area contributed by atoms with E-state index in [0.717, 1.165) is 0 Å². The van der Waals surface area contributed by atoms with Crippen LogP contribution >= 0.6 is 7.26 Å². The molecule has 1 aliphatic rings. The van der Waals surface area contributed by atoms with E-state index in [1.165, 1.54) is 10.6 Å². The third kappa shape index (κ3) is 1.75. The van der Waals surface area contributed by atoms with Crippen molar-refractivity contribution >= 4 is 17.9 Å². The van der Waals surface area contributed by atoms with Crippen LogP contribution in [0, 0.1) is 0 Å². The zero-order valence-electron chi connectivity index (χ0n) is 9.58. The Morgan fingerprint density at radius 2 is 0.941 bits per heavy atom. The Morgan fingerprint density at radius 3 is 1.35 bits per heavy atom. The van der Waals surface area contributed by atoms with Gasteiger partial charge in [-0.05, 0) is 0 Å². The van der Waals surface area contributed by atoms with E-state index in [9.17, 15) is 0 Å². The summed E-state index contributed by atoms with van der Waals surface area (Å²) in [6, 6.07) is 21.7. The molecule has 0 bridgehead atoms. The molecule has 2 aromatic carbocycles. The van der Waals surface area contributed by atoms with Gasteiger partial charge in [0.2, 0.25) is 0 Å². The van der Waals surface area contributed by atoms with E-state index >= 15 is 0 Å². The standard InChI is InChI=1S/C16H15P/c1-3-9-15(10-4-1)17(13-7-8-14-17)16-11-5-2-6-12-16/h1-14,17H. The molecule has 0 radical (unpaired) electrons. The van der Waals surface area contributed by atoms with Crippen LogP contribution in [0.1, 0.15) is 0 Å². The molecule has 3 rings (SSSR count). The van der Waals surface area contributed by atoms with E-state index in [2.05, 4.69) is 84.4 Å². The van der Waals surface area contributed by atoms with Crippen molar-refractivity contribution in [2.24, 2.45) is 0 Å². The van der Waals surface area contributed by atoms with Crippen LogP contribution in [0.15, 0.2) is 84.4 Å². The average Bonchev–Trinajstić information content (AvgIpc) is 2.91. The van der Waals surface area contributed by atoms with Gasteiger partial charge in [-0.1, -0.05) is 0 Å². The van der Waals surface area contributed by atoms with E-state index < -0.39 is 7.26 Å². The van der Waals surface area contributed by atoms with Crippen molar-refractivity contribution in [1.29, 1.82) is 0 Å². The van der Waals surface area contributed by atoms with Gasteiger partial charge in [-0.25, -0.2) is 0 Å². The summed E-state index contributed by atoms with van der Waals surface area (Å²) < 4.78 is 0. The minimum absolute atomic E-state index is 1.45. The van der Waals surface area contributed by atoms with Gasteiger partial charge >= 0.3 is 102 Å². The Kier molecular flexibility index (Phi) is 2.66. The molecule has 0 spiro atoms. The van der Waals surface area contributed by atoms with Crippen LogP contribution in [0.3, 0.4) is 0 Å². The second kappa shape index (κ2) is 4.31. The summed E-state index contributed by atoms with van der Waals surface area (Å²) in [6.45, 7) is 0. The van der Waals surface area contributed by atoms with Crippen LogP contribution in [0.5, 0.6) is 0 Å². The first kappa shape index (κ1) is 10.5. The van der Waals surface area contributed by atoms with Crippen molar-refractivity contribution in [2.45, 2.75) is 0 Å². The number of benzene rings is 2. The topological polar surface area (TPSA) is 0 Å². The molecular formula is C16H15P. The number of rotatable bonds is 2. The predicted octanol–water partition coefficient (Wildman–Crippen LogP) is 3.43. The van der Waals surface area contributed by atoms with E-state index in [-0.39, 0.29) is 0 Å². The molecular weight excluding hydrogens is 223 g/mol. The van der Waals surface area contributed by atoms with E-state index in [1.54, 1.807) is 0 Å². The summed E-state index contributed by atoms with van der Waals surface area (Å²) in [5.74, 6) is 4.80. The minimum atomic E-state index is -1.75. The van der Waals surface area contributed by atoms with Crippen molar-refractivity contribution in [3.05, 3.63) is 84.4 Å². The Hall–Kier alpha value is -1.65. The van der Waals surface area contributed by atoms with Gasteiger partial charge in [-0.15, -0.1) is 0 Å². The first-order chi connectivity index (χ1) is 8.42. The monoisotopic (exact) mass is 238 g/mol. The zero-order chi connectivity index (χ0) is 11.6. The number of hydrogen-bond donors (Lipinski definition) is 0. The quantitative estimate of drug-likeness (QED) is 0.703. The van der Waals surface area contributed by atoms with Crippen LogP contribution < -0.4 is 10.6 Å². The second-order valence-electron chi connectivity index (χ2n) is 4.32. The molecule has 0 nitrogen and oxygen atoms in total. The van der Waals surface area contributed by atoms with Gasteiger partial charge in [0.25, 0.3) is 0 Å². The fourth-order valence-corrected chi connectivity index (χ4v) is 5.98. The fraction of sp³-hybridized carbons (Fsp3) is 0. The maximum absolute atomic E-state index is 2.40. The first-order valence-corrected chi connectivity index (χ1v) is 8.05. The molecule has 0 saturated carbocycles. The molecule has 0 N–H and O–H groups in total. The number of allylic oxidation sites excluding steroid dienone is 2. The molecule has 84 valence electrons. The summed E-state index contributed by atoms with van der Waals surface area (Å²) in [7, 11) is -1.75. The molecule has 1 heterocycles. The van der Waals surface area contributed by atoms with Gasteiger partial charge in [0, 0.05) is 0 Å². The molecule has 1 aliphatic heterocycles. The van der Waals surface area contributed by atoms with Gasteiger partial charge in [0.1, 0.15) is 0 Å². The molecule has 17 heavy (non-hydrogen) atoms. The van der Waals surface area contributed by atoms with Gasteiger partial charge in [-0.2, -0.15) is 0 Å². The Bertz CT molecular complexity index is 499. The Labute approximate surface area is 103 Å². The van der Waals surface area contributed by atoms with Gasteiger partial charge in [-0.3, -0.25) is 0 Å². The van der Waals surface area contributed by atoms with Crippen molar-refractivity contribution < 1.29 is 0 Å². The Balaban J connectivity index is 2.19. The summed E-state index contributed by atoms with van der Waals surface area (Å²) in [6.07, 6.45) is 4.37. The predicted molar refractivity (Wildman–Crippen MR) is 78.7 cm³/mol. The van der Waals surface area contributed by atoms with Gasteiger partial charge < -0.3 is 0 Å². The van der Waals surface area contributed by atoms with E-state index in [1.807, 2.05) is 0 Å².